The summed E-state index contributed by atoms with van der Waals surface area (Å²) in [4.78, 5) is 13.2. The molecule has 0 amide bonds. The standard InChI is InChI=1S/C24H16BrClO/c25-20-10-13-22-19(15-20)14-18(9-6-16-7-11-21(26)12-8-16)23(22)24(27)17-4-2-1-3-5-17/h1-13,15H,14H2/b9-6+. The molecule has 1 aliphatic rings. The van der Waals surface area contributed by atoms with E-state index in [-0.39, 0.29) is 5.78 Å². The molecule has 0 heterocycles. The largest absolute Gasteiger partial charge is 0.289 e. The summed E-state index contributed by atoms with van der Waals surface area (Å²) in [5.41, 5.74) is 5.76. The van der Waals surface area contributed by atoms with Gasteiger partial charge in [-0.25, -0.2) is 0 Å². The summed E-state index contributed by atoms with van der Waals surface area (Å²) in [6.45, 7) is 0. The molecule has 27 heavy (non-hydrogen) atoms. The zero-order valence-electron chi connectivity index (χ0n) is 14.5. The topological polar surface area (TPSA) is 17.1 Å². The van der Waals surface area contributed by atoms with Crippen molar-refractivity contribution in [3.05, 3.63) is 116 Å². The first kappa shape index (κ1) is 18.0. The lowest BCUT2D eigenvalue weighted by molar-refractivity contribution is 0.105. The van der Waals surface area contributed by atoms with Gasteiger partial charge in [0.2, 0.25) is 0 Å². The minimum Gasteiger partial charge on any atom is -0.289 e. The Morgan fingerprint density at radius 3 is 2.41 bits per heavy atom. The van der Waals surface area contributed by atoms with Gasteiger partial charge in [-0.05, 0) is 52.9 Å². The predicted octanol–water partition coefficient (Wildman–Crippen LogP) is 7.01. The molecule has 1 aliphatic carbocycles. The number of allylic oxidation sites excluding steroid dienone is 3. The summed E-state index contributed by atoms with van der Waals surface area (Å²) in [5.74, 6) is 0.0624. The van der Waals surface area contributed by atoms with E-state index in [1.54, 1.807) is 0 Å². The van der Waals surface area contributed by atoms with E-state index in [0.717, 1.165) is 33.2 Å². The van der Waals surface area contributed by atoms with Crippen molar-refractivity contribution in [2.45, 2.75) is 6.42 Å². The van der Waals surface area contributed by atoms with Gasteiger partial charge in [-0.2, -0.15) is 0 Å². The minimum absolute atomic E-state index is 0.0624. The number of ketones is 1. The van der Waals surface area contributed by atoms with Crippen LogP contribution in [0.15, 0.2) is 88.9 Å². The molecule has 0 atom stereocenters. The fraction of sp³-hybridized carbons (Fsp3) is 0.0417. The van der Waals surface area contributed by atoms with Crippen LogP contribution < -0.4 is 0 Å². The first-order valence-electron chi connectivity index (χ1n) is 8.67. The third kappa shape index (κ3) is 3.83. The first-order chi connectivity index (χ1) is 13.1. The molecular weight excluding hydrogens is 420 g/mol. The van der Waals surface area contributed by atoms with Crippen molar-refractivity contribution in [1.29, 1.82) is 0 Å². The van der Waals surface area contributed by atoms with Crippen LogP contribution in [0.1, 0.15) is 27.0 Å². The van der Waals surface area contributed by atoms with Gasteiger partial charge in [-0.15, -0.1) is 0 Å². The van der Waals surface area contributed by atoms with Crippen molar-refractivity contribution in [2.24, 2.45) is 0 Å². The molecule has 1 nitrogen and oxygen atoms in total. The maximum atomic E-state index is 13.2. The van der Waals surface area contributed by atoms with E-state index in [1.165, 1.54) is 5.56 Å². The summed E-state index contributed by atoms with van der Waals surface area (Å²) >= 11 is 9.50. The van der Waals surface area contributed by atoms with Gasteiger partial charge in [0.05, 0.1) is 0 Å². The Morgan fingerprint density at radius 1 is 0.926 bits per heavy atom. The second-order valence-corrected chi connectivity index (χ2v) is 7.81. The van der Waals surface area contributed by atoms with Crippen molar-refractivity contribution in [3.63, 3.8) is 0 Å². The van der Waals surface area contributed by atoms with Gasteiger partial charge in [0.25, 0.3) is 0 Å². The average Bonchev–Trinajstić information content (AvgIpc) is 3.05. The Morgan fingerprint density at radius 2 is 1.67 bits per heavy atom. The van der Waals surface area contributed by atoms with Crippen molar-refractivity contribution in [2.75, 3.05) is 0 Å². The van der Waals surface area contributed by atoms with Gasteiger partial charge in [0.15, 0.2) is 5.78 Å². The molecular formula is C24H16BrClO. The van der Waals surface area contributed by atoms with Gasteiger partial charge in [-0.3, -0.25) is 4.79 Å². The number of rotatable bonds is 4. The maximum absolute atomic E-state index is 13.2. The van der Waals surface area contributed by atoms with Crippen LogP contribution in [-0.2, 0) is 6.42 Å². The third-order valence-electron chi connectivity index (χ3n) is 4.65. The highest BCUT2D eigenvalue weighted by molar-refractivity contribution is 9.10. The highest BCUT2D eigenvalue weighted by Crippen LogP contribution is 2.37. The molecule has 0 aliphatic heterocycles. The van der Waals surface area contributed by atoms with Crippen LogP contribution in [0, 0.1) is 0 Å². The summed E-state index contributed by atoms with van der Waals surface area (Å²) in [6.07, 6.45) is 4.82. The molecule has 0 fully saturated rings. The first-order valence-corrected chi connectivity index (χ1v) is 9.84. The van der Waals surface area contributed by atoms with Crippen molar-refractivity contribution < 1.29 is 4.79 Å². The summed E-state index contributed by atoms with van der Waals surface area (Å²) in [7, 11) is 0. The van der Waals surface area contributed by atoms with E-state index in [0.29, 0.717) is 10.6 Å². The number of Topliss-reactive ketones (excluding diaryl/α,β-unsaturated/α-hetero) is 1. The molecule has 3 heteroatoms. The number of carbonyl (C=O) groups excluding carboxylic acids is 1. The molecule has 0 saturated carbocycles. The number of carbonyl (C=O) groups is 1. The van der Waals surface area contributed by atoms with Crippen LogP contribution in [0.2, 0.25) is 5.02 Å². The molecule has 0 saturated heterocycles. The molecule has 0 bridgehead atoms. The Kier molecular flexibility index (Phi) is 5.11. The monoisotopic (exact) mass is 434 g/mol. The van der Waals surface area contributed by atoms with E-state index in [4.69, 9.17) is 11.6 Å². The summed E-state index contributed by atoms with van der Waals surface area (Å²) < 4.78 is 1.02. The zero-order chi connectivity index (χ0) is 18.8. The van der Waals surface area contributed by atoms with Gasteiger partial charge in [0, 0.05) is 20.6 Å². The molecule has 0 unspecified atom stereocenters. The number of hydrogen-bond acceptors (Lipinski definition) is 1. The fourth-order valence-corrected chi connectivity index (χ4v) is 3.87. The molecule has 0 aromatic heterocycles. The molecule has 0 spiro atoms. The maximum Gasteiger partial charge on any atom is 0.193 e. The van der Waals surface area contributed by atoms with E-state index >= 15 is 0 Å². The van der Waals surface area contributed by atoms with Gasteiger partial charge < -0.3 is 0 Å². The number of hydrogen-bond donors (Lipinski definition) is 0. The van der Waals surface area contributed by atoms with Crippen LogP contribution in [-0.4, -0.2) is 5.78 Å². The lowest BCUT2D eigenvalue weighted by atomic mass is 9.96. The molecule has 0 radical (unpaired) electrons. The van der Waals surface area contributed by atoms with Crippen LogP contribution >= 0.6 is 27.5 Å². The smallest absolute Gasteiger partial charge is 0.193 e. The van der Waals surface area contributed by atoms with Gasteiger partial charge in [-0.1, -0.05) is 88.2 Å². The van der Waals surface area contributed by atoms with E-state index < -0.39 is 0 Å². The number of fused-ring (bicyclic) bond motifs is 1. The van der Waals surface area contributed by atoms with Crippen LogP contribution in [0.5, 0.6) is 0 Å². The normalized spacial score (nSPS) is 13.3. The van der Waals surface area contributed by atoms with Crippen molar-refractivity contribution >= 4 is 45.0 Å². The summed E-state index contributed by atoms with van der Waals surface area (Å²) in [6, 6.07) is 23.2. The number of halogens is 2. The zero-order valence-corrected chi connectivity index (χ0v) is 16.8. The molecule has 3 aromatic carbocycles. The van der Waals surface area contributed by atoms with E-state index in [2.05, 4.69) is 22.0 Å². The number of benzene rings is 3. The van der Waals surface area contributed by atoms with Crippen molar-refractivity contribution in [3.8, 4) is 0 Å². The Hall–Kier alpha value is -2.42. The Labute approximate surface area is 172 Å². The second kappa shape index (κ2) is 7.67. The van der Waals surface area contributed by atoms with Gasteiger partial charge in [0.1, 0.15) is 0 Å². The molecule has 3 aromatic rings. The fourth-order valence-electron chi connectivity index (χ4n) is 3.33. The van der Waals surface area contributed by atoms with Gasteiger partial charge >= 0.3 is 0 Å². The SMILES string of the molecule is O=C(C1=C(/C=C/c2ccc(Cl)cc2)Cc2cc(Br)ccc21)c1ccccc1. The molecule has 4 rings (SSSR count). The third-order valence-corrected chi connectivity index (χ3v) is 5.39. The molecule has 132 valence electrons. The van der Waals surface area contributed by atoms with E-state index in [1.807, 2.05) is 78.9 Å². The van der Waals surface area contributed by atoms with E-state index in [9.17, 15) is 4.79 Å². The molecule has 0 N–H and O–H groups in total. The highest BCUT2D eigenvalue weighted by Gasteiger charge is 2.26. The Balaban J connectivity index is 1.77. The minimum atomic E-state index is 0.0624. The highest BCUT2D eigenvalue weighted by atomic mass is 79.9. The van der Waals surface area contributed by atoms with Crippen LogP contribution in [0.3, 0.4) is 0 Å². The summed E-state index contributed by atoms with van der Waals surface area (Å²) in [5, 5.41) is 0.712. The second-order valence-electron chi connectivity index (χ2n) is 6.46. The predicted molar refractivity (Wildman–Crippen MR) is 116 cm³/mol. The average molecular weight is 436 g/mol. The lowest BCUT2D eigenvalue weighted by Crippen LogP contribution is -2.02. The van der Waals surface area contributed by atoms with Crippen LogP contribution in [0.25, 0.3) is 11.6 Å². The van der Waals surface area contributed by atoms with Crippen LogP contribution in [0.4, 0.5) is 0 Å². The van der Waals surface area contributed by atoms with Crippen molar-refractivity contribution in [1.82, 2.24) is 0 Å². The lowest BCUT2D eigenvalue weighted by Gasteiger charge is -2.07. The Bertz CT molecular complexity index is 1060. The quantitative estimate of drug-likeness (QED) is 0.403.